The first kappa shape index (κ1) is 35.4. The number of carbonyl (C=O) groups excluding carboxylic acids is 4. The fourth-order valence-electron chi connectivity index (χ4n) is 6.92. The van der Waals surface area contributed by atoms with Crippen LogP contribution in [0.4, 0.5) is 4.79 Å². The van der Waals surface area contributed by atoms with Gasteiger partial charge in [-0.15, -0.1) is 6.58 Å². The molecule has 2 aromatic rings. The van der Waals surface area contributed by atoms with Crippen LogP contribution in [0.25, 0.3) is 10.8 Å². The summed E-state index contributed by atoms with van der Waals surface area (Å²) in [5.74, 6) is -2.09. The average Bonchev–Trinajstić information content (AvgIpc) is 3.97. The van der Waals surface area contributed by atoms with Gasteiger partial charge >= 0.3 is 6.09 Å². The largest absolute Gasteiger partial charge is 0.497 e. The van der Waals surface area contributed by atoms with Crippen molar-refractivity contribution in [1.29, 1.82) is 0 Å². The number of fused-ring (bicyclic) bond motifs is 1. The van der Waals surface area contributed by atoms with Gasteiger partial charge in [-0.3, -0.25) is 19.1 Å². The lowest BCUT2D eigenvalue weighted by Crippen LogP contribution is -2.57. The number of sulfonamides is 1. The van der Waals surface area contributed by atoms with Crippen molar-refractivity contribution in [2.75, 3.05) is 13.7 Å². The predicted molar refractivity (Wildman–Crippen MR) is 183 cm³/mol. The highest BCUT2D eigenvalue weighted by Gasteiger charge is 2.62. The van der Waals surface area contributed by atoms with Gasteiger partial charge in [-0.05, 0) is 67.7 Å². The number of likely N-dealkylation sites (tertiary alicyclic amines) is 1. The number of benzene rings is 1. The van der Waals surface area contributed by atoms with Crippen LogP contribution in [0.1, 0.15) is 65.2 Å². The van der Waals surface area contributed by atoms with Crippen LogP contribution in [0.2, 0.25) is 0 Å². The summed E-state index contributed by atoms with van der Waals surface area (Å²) in [5.41, 5.74) is -1.54. The van der Waals surface area contributed by atoms with Gasteiger partial charge in [-0.1, -0.05) is 32.8 Å². The SMILES string of the molecule is C=C[C@@H]1C[C@]1(NC(=O)[C@@H]1C[C@@H](Oc2nccc3cc(OC)ccc23)CN1C(=O)[C@@H](OC(=O)NC1CCCC1)C(C)C)C(=O)NS(=O)(=O)C1CC1. The molecule has 1 saturated heterocycles. The summed E-state index contributed by atoms with van der Waals surface area (Å²) >= 11 is 0. The molecule has 3 N–H and O–H groups in total. The maximum Gasteiger partial charge on any atom is 0.408 e. The average molecular weight is 712 g/mol. The zero-order valence-corrected chi connectivity index (χ0v) is 29.4. The number of alkyl carbamates (subject to hydrolysis) is 1. The van der Waals surface area contributed by atoms with E-state index in [-0.39, 0.29) is 25.4 Å². The number of pyridine rings is 1. The van der Waals surface area contributed by atoms with Crippen molar-refractivity contribution in [2.45, 2.75) is 100 Å². The van der Waals surface area contributed by atoms with Crippen molar-refractivity contribution in [3.8, 4) is 11.6 Å². The highest BCUT2D eigenvalue weighted by atomic mass is 32.2. The van der Waals surface area contributed by atoms with Crippen LogP contribution in [-0.2, 0) is 29.1 Å². The molecule has 4 amide bonds. The van der Waals surface area contributed by atoms with Gasteiger partial charge in [0.25, 0.3) is 11.8 Å². The summed E-state index contributed by atoms with van der Waals surface area (Å²) in [6, 6.07) is 6.07. The molecule has 1 aromatic heterocycles. The molecule has 2 heterocycles. The number of aromatic nitrogens is 1. The third kappa shape index (κ3) is 7.37. The molecule has 15 heteroatoms. The Morgan fingerprint density at radius 2 is 1.84 bits per heavy atom. The first-order valence-corrected chi connectivity index (χ1v) is 18.8. The molecule has 0 unspecified atom stereocenters. The molecular weight excluding hydrogens is 666 g/mol. The summed E-state index contributed by atoms with van der Waals surface area (Å²) in [6.07, 6.45) is 5.25. The van der Waals surface area contributed by atoms with Gasteiger partial charge in [0.05, 0.1) is 18.9 Å². The van der Waals surface area contributed by atoms with E-state index in [1.54, 1.807) is 33.2 Å². The minimum Gasteiger partial charge on any atom is -0.497 e. The van der Waals surface area contributed by atoms with E-state index in [0.29, 0.717) is 29.9 Å². The zero-order chi connectivity index (χ0) is 35.8. The number of carbonyl (C=O) groups is 4. The Labute approximate surface area is 291 Å². The van der Waals surface area contributed by atoms with Crippen molar-refractivity contribution in [1.82, 2.24) is 25.2 Å². The second kappa shape index (κ2) is 14.1. The second-order valence-corrected chi connectivity index (χ2v) is 16.0. The summed E-state index contributed by atoms with van der Waals surface area (Å²) in [7, 11) is -2.32. The van der Waals surface area contributed by atoms with Crippen molar-refractivity contribution in [3.63, 3.8) is 0 Å². The summed E-state index contributed by atoms with van der Waals surface area (Å²) in [5, 5.41) is 6.50. The third-order valence-electron chi connectivity index (χ3n) is 10.1. The fourth-order valence-corrected chi connectivity index (χ4v) is 8.29. The van der Waals surface area contributed by atoms with Crippen LogP contribution in [0.5, 0.6) is 11.6 Å². The van der Waals surface area contributed by atoms with Gasteiger partial charge in [0.2, 0.25) is 21.8 Å². The van der Waals surface area contributed by atoms with Gasteiger partial charge in [0, 0.05) is 30.0 Å². The van der Waals surface area contributed by atoms with E-state index in [2.05, 4.69) is 26.9 Å². The number of rotatable bonds is 13. The van der Waals surface area contributed by atoms with Crippen molar-refractivity contribution >= 4 is 44.6 Å². The second-order valence-electron chi connectivity index (χ2n) is 14.1. The molecule has 4 aliphatic rings. The number of nitrogens with one attached hydrogen (secondary N) is 3. The topological polar surface area (TPSA) is 182 Å². The van der Waals surface area contributed by atoms with Crippen molar-refractivity contribution in [3.05, 3.63) is 43.1 Å². The van der Waals surface area contributed by atoms with Gasteiger partial charge in [-0.2, -0.15) is 0 Å². The van der Waals surface area contributed by atoms with E-state index >= 15 is 0 Å². The minimum absolute atomic E-state index is 0.0240. The number of hydrogen-bond donors (Lipinski definition) is 3. The molecule has 0 bridgehead atoms. The van der Waals surface area contributed by atoms with Crippen LogP contribution < -0.4 is 24.8 Å². The van der Waals surface area contributed by atoms with E-state index in [4.69, 9.17) is 14.2 Å². The highest BCUT2D eigenvalue weighted by Crippen LogP contribution is 2.45. The van der Waals surface area contributed by atoms with Gasteiger partial charge in [0.1, 0.15) is 23.4 Å². The molecule has 0 spiro atoms. The van der Waals surface area contributed by atoms with Crippen LogP contribution in [0, 0.1) is 11.8 Å². The van der Waals surface area contributed by atoms with Crippen LogP contribution in [0.15, 0.2) is 43.1 Å². The number of methoxy groups -OCH3 is 1. The van der Waals surface area contributed by atoms with Crippen LogP contribution in [0.3, 0.4) is 0 Å². The summed E-state index contributed by atoms with van der Waals surface area (Å²) < 4.78 is 44.8. The van der Waals surface area contributed by atoms with Crippen LogP contribution in [-0.4, -0.2) is 90.9 Å². The predicted octanol–water partition coefficient (Wildman–Crippen LogP) is 2.95. The standard InChI is InChI=1S/C35H45N5O9S/c1-5-22-18-35(22,33(43)39-50(45,46)26-11-12-26)38-30(41)28-17-25(48-31-27-13-10-24(47-4)16-21(27)14-15-36-31)19-40(28)32(42)29(20(2)3)49-34(44)37-23-8-6-7-9-23/h5,10,13-16,20,22-23,25-26,28-29H,1,6-9,11-12,17-19H2,2-4H3,(H,37,44)(H,38,41)(H,39,43)/t22-,25-,28+,29+,35-/m1/s1. The number of amides is 4. The van der Waals surface area contributed by atoms with E-state index in [0.717, 1.165) is 31.1 Å². The van der Waals surface area contributed by atoms with E-state index < -0.39 is 74.7 Å². The smallest absolute Gasteiger partial charge is 0.408 e. The number of hydrogen-bond acceptors (Lipinski definition) is 10. The molecule has 4 fully saturated rings. The Morgan fingerprint density at radius 1 is 1.10 bits per heavy atom. The lowest BCUT2D eigenvalue weighted by Gasteiger charge is -2.30. The summed E-state index contributed by atoms with van der Waals surface area (Å²) in [6.45, 7) is 7.21. The molecular formula is C35H45N5O9S. The Kier molecular flexibility index (Phi) is 9.98. The maximum absolute atomic E-state index is 14.2. The van der Waals surface area contributed by atoms with Crippen LogP contribution >= 0.6 is 0 Å². The highest BCUT2D eigenvalue weighted by molar-refractivity contribution is 7.91. The molecule has 5 atom stereocenters. The molecule has 1 aliphatic heterocycles. The molecule has 1 aromatic carbocycles. The molecule has 270 valence electrons. The Hall–Kier alpha value is -4.40. The monoisotopic (exact) mass is 711 g/mol. The molecule has 3 aliphatic carbocycles. The van der Waals surface area contributed by atoms with Crippen molar-refractivity contribution in [2.24, 2.45) is 11.8 Å². The van der Waals surface area contributed by atoms with E-state index in [1.807, 2.05) is 18.2 Å². The first-order valence-electron chi connectivity index (χ1n) is 17.2. The molecule has 6 rings (SSSR count). The number of ether oxygens (including phenoxy) is 3. The Balaban J connectivity index is 1.25. The van der Waals surface area contributed by atoms with Gasteiger partial charge in [-0.25, -0.2) is 18.2 Å². The maximum atomic E-state index is 14.2. The fraction of sp³-hybridized carbons (Fsp3) is 0.571. The van der Waals surface area contributed by atoms with Gasteiger partial charge < -0.3 is 29.7 Å². The Morgan fingerprint density at radius 3 is 2.48 bits per heavy atom. The van der Waals surface area contributed by atoms with Gasteiger partial charge in [0.15, 0.2) is 6.10 Å². The molecule has 50 heavy (non-hydrogen) atoms. The van der Waals surface area contributed by atoms with E-state index in [1.165, 1.54) is 11.0 Å². The number of nitrogens with zero attached hydrogens (tertiary/aromatic N) is 2. The lowest BCUT2D eigenvalue weighted by molar-refractivity contribution is -0.147. The zero-order valence-electron chi connectivity index (χ0n) is 28.6. The molecule has 0 radical (unpaired) electrons. The first-order chi connectivity index (χ1) is 23.8. The quantitative estimate of drug-likeness (QED) is 0.261. The van der Waals surface area contributed by atoms with Crippen molar-refractivity contribution < 1.29 is 41.8 Å². The minimum atomic E-state index is -3.89. The Bertz CT molecular complexity index is 1770. The third-order valence-corrected chi connectivity index (χ3v) is 11.9. The normalized spacial score (nSPS) is 25.5. The molecule has 3 saturated carbocycles. The summed E-state index contributed by atoms with van der Waals surface area (Å²) in [4.78, 5) is 60.4. The lowest BCUT2D eigenvalue weighted by atomic mass is 10.0. The van der Waals surface area contributed by atoms with E-state index in [9.17, 15) is 27.6 Å². The molecule has 14 nitrogen and oxygen atoms in total.